The fraction of sp³-hybridized carbons (Fsp3) is 0.529. The zero-order chi connectivity index (χ0) is 14.8. The number of rotatable bonds is 3. The molecule has 0 unspecified atom stereocenters. The van der Waals surface area contributed by atoms with Crippen molar-refractivity contribution in [3.63, 3.8) is 0 Å². The smallest absolute Gasteiger partial charge is 0.137 e. The van der Waals surface area contributed by atoms with Crippen LogP contribution < -0.4 is 0 Å². The van der Waals surface area contributed by atoms with Gasteiger partial charge >= 0.3 is 0 Å². The fourth-order valence-electron chi connectivity index (χ4n) is 3.78. The SMILES string of the molecule is c1ccc2c(c1)CCC[C@H]2N1CCO[C@H](Cn2cncn2)C1. The summed E-state index contributed by atoms with van der Waals surface area (Å²) in [5.41, 5.74) is 3.05. The van der Waals surface area contributed by atoms with Crippen LogP contribution in [0.2, 0.25) is 0 Å². The molecule has 22 heavy (non-hydrogen) atoms. The molecular formula is C17H22N4O. The van der Waals surface area contributed by atoms with E-state index in [1.807, 2.05) is 4.68 Å². The average molecular weight is 298 g/mol. The highest BCUT2D eigenvalue weighted by atomic mass is 16.5. The van der Waals surface area contributed by atoms with E-state index in [0.29, 0.717) is 6.04 Å². The maximum atomic E-state index is 5.93. The van der Waals surface area contributed by atoms with E-state index in [0.717, 1.165) is 26.2 Å². The zero-order valence-electron chi connectivity index (χ0n) is 12.8. The van der Waals surface area contributed by atoms with Crippen LogP contribution in [0, 0.1) is 0 Å². The number of hydrogen-bond donors (Lipinski definition) is 0. The van der Waals surface area contributed by atoms with Gasteiger partial charge in [0.05, 0.1) is 19.3 Å². The van der Waals surface area contributed by atoms with Gasteiger partial charge in [0.2, 0.25) is 0 Å². The number of nitrogens with zero attached hydrogens (tertiary/aromatic N) is 4. The molecule has 0 saturated carbocycles. The minimum Gasteiger partial charge on any atom is -0.374 e. The number of ether oxygens (including phenoxy) is 1. The van der Waals surface area contributed by atoms with Crippen molar-refractivity contribution < 1.29 is 4.74 Å². The number of morpholine rings is 1. The summed E-state index contributed by atoms with van der Waals surface area (Å²) in [7, 11) is 0. The van der Waals surface area contributed by atoms with Crippen LogP contribution in [-0.4, -0.2) is 45.5 Å². The van der Waals surface area contributed by atoms with Crippen molar-refractivity contribution >= 4 is 0 Å². The Morgan fingerprint density at radius 2 is 2.23 bits per heavy atom. The van der Waals surface area contributed by atoms with Crippen LogP contribution in [0.1, 0.15) is 30.0 Å². The Bertz CT molecular complexity index is 613. The minimum atomic E-state index is 0.199. The van der Waals surface area contributed by atoms with E-state index in [9.17, 15) is 0 Å². The Hall–Kier alpha value is -1.72. The second-order valence-corrected chi connectivity index (χ2v) is 6.21. The second-order valence-electron chi connectivity index (χ2n) is 6.21. The van der Waals surface area contributed by atoms with Gasteiger partial charge in [-0.15, -0.1) is 0 Å². The number of fused-ring (bicyclic) bond motifs is 1. The van der Waals surface area contributed by atoms with E-state index in [2.05, 4.69) is 39.2 Å². The summed E-state index contributed by atoms with van der Waals surface area (Å²) in [6.45, 7) is 3.58. The molecule has 0 bridgehead atoms. The molecular weight excluding hydrogens is 276 g/mol. The Kier molecular flexibility index (Phi) is 3.91. The first-order valence-corrected chi connectivity index (χ1v) is 8.16. The summed E-state index contributed by atoms with van der Waals surface area (Å²) in [6.07, 6.45) is 7.31. The van der Waals surface area contributed by atoms with Gasteiger partial charge in [0.15, 0.2) is 0 Å². The number of aromatic nitrogens is 3. The van der Waals surface area contributed by atoms with Gasteiger partial charge in [-0.2, -0.15) is 5.10 Å². The molecule has 1 aromatic heterocycles. The second kappa shape index (κ2) is 6.18. The Morgan fingerprint density at radius 1 is 1.27 bits per heavy atom. The van der Waals surface area contributed by atoms with Crippen molar-refractivity contribution in [3.05, 3.63) is 48.0 Å². The van der Waals surface area contributed by atoms with Crippen molar-refractivity contribution in [3.8, 4) is 0 Å². The molecule has 0 spiro atoms. The van der Waals surface area contributed by atoms with E-state index in [1.54, 1.807) is 12.7 Å². The molecule has 1 aromatic carbocycles. The number of aryl methyl sites for hydroxylation is 1. The molecule has 2 aromatic rings. The van der Waals surface area contributed by atoms with Gasteiger partial charge in [0.25, 0.3) is 0 Å². The summed E-state index contributed by atoms with van der Waals surface area (Å²) in [4.78, 5) is 6.61. The topological polar surface area (TPSA) is 43.2 Å². The fourth-order valence-corrected chi connectivity index (χ4v) is 3.78. The van der Waals surface area contributed by atoms with Gasteiger partial charge in [-0.05, 0) is 30.4 Å². The van der Waals surface area contributed by atoms with Crippen molar-refractivity contribution in [2.45, 2.75) is 38.0 Å². The van der Waals surface area contributed by atoms with Crippen LogP contribution in [0.5, 0.6) is 0 Å². The summed E-state index contributed by atoms with van der Waals surface area (Å²) in [5, 5.41) is 4.19. The summed E-state index contributed by atoms with van der Waals surface area (Å²) in [5.74, 6) is 0. The average Bonchev–Trinajstić information content (AvgIpc) is 3.07. The molecule has 2 atom stereocenters. The maximum absolute atomic E-state index is 5.93. The lowest BCUT2D eigenvalue weighted by molar-refractivity contribution is -0.0541. The molecule has 0 N–H and O–H groups in total. The maximum Gasteiger partial charge on any atom is 0.137 e. The molecule has 5 nitrogen and oxygen atoms in total. The van der Waals surface area contributed by atoms with Crippen LogP contribution in [0.15, 0.2) is 36.9 Å². The molecule has 1 fully saturated rings. The highest BCUT2D eigenvalue weighted by molar-refractivity contribution is 5.32. The van der Waals surface area contributed by atoms with Crippen molar-refractivity contribution in [1.29, 1.82) is 0 Å². The molecule has 1 saturated heterocycles. The third kappa shape index (κ3) is 2.78. The lowest BCUT2D eigenvalue weighted by Crippen LogP contribution is -2.46. The predicted octanol–water partition coefficient (Wildman–Crippen LogP) is 2.06. The van der Waals surface area contributed by atoms with E-state index in [1.165, 1.54) is 30.4 Å². The van der Waals surface area contributed by atoms with Crippen LogP contribution in [0.3, 0.4) is 0 Å². The summed E-state index contributed by atoms with van der Waals surface area (Å²) < 4.78 is 7.79. The standard InChI is InChI=1S/C17H22N4O/c1-2-6-16-14(4-1)5-3-7-17(16)20-8-9-22-15(10-20)11-21-13-18-12-19-21/h1-2,4,6,12-13,15,17H,3,5,7-11H2/t15-,17+/m0/s1. The predicted molar refractivity (Wildman–Crippen MR) is 83.5 cm³/mol. The summed E-state index contributed by atoms with van der Waals surface area (Å²) in [6, 6.07) is 9.47. The lowest BCUT2D eigenvalue weighted by Gasteiger charge is -2.40. The van der Waals surface area contributed by atoms with E-state index in [4.69, 9.17) is 4.74 Å². The molecule has 5 heteroatoms. The molecule has 0 radical (unpaired) electrons. The minimum absolute atomic E-state index is 0.199. The Morgan fingerprint density at radius 3 is 3.14 bits per heavy atom. The van der Waals surface area contributed by atoms with Gasteiger partial charge in [-0.3, -0.25) is 9.58 Å². The van der Waals surface area contributed by atoms with Gasteiger partial charge in [-0.25, -0.2) is 4.98 Å². The van der Waals surface area contributed by atoms with Crippen molar-refractivity contribution in [2.24, 2.45) is 0 Å². The Labute approximate surface area is 130 Å². The molecule has 116 valence electrons. The van der Waals surface area contributed by atoms with E-state index in [-0.39, 0.29) is 6.10 Å². The van der Waals surface area contributed by atoms with Crippen molar-refractivity contribution in [1.82, 2.24) is 19.7 Å². The first kappa shape index (κ1) is 13.9. The number of benzene rings is 1. The van der Waals surface area contributed by atoms with Crippen LogP contribution >= 0.6 is 0 Å². The van der Waals surface area contributed by atoms with Gasteiger partial charge in [0.1, 0.15) is 12.7 Å². The quantitative estimate of drug-likeness (QED) is 0.870. The van der Waals surface area contributed by atoms with Gasteiger partial charge in [-0.1, -0.05) is 24.3 Å². The first-order valence-electron chi connectivity index (χ1n) is 8.16. The van der Waals surface area contributed by atoms with Gasteiger partial charge < -0.3 is 4.74 Å². The molecule has 2 heterocycles. The Balaban J connectivity index is 1.48. The lowest BCUT2D eigenvalue weighted by atomic mass is 9.86. The molecule has 4 rings (SSSR count). The monoisotopic (exact) mass is 298 g/mol. The summed E-state index contributed by atoms with van der Waals surface area (Å²) >= 11 is 0. The largest absolute Gasteiger partial charge is 0.374 e. The highest BCUT2D eigenvalue weighted by Crippen LogP contribution is 2.35. The van der Waals surface area contributed by atoms with Crippen LogP contribution in [-0.2, 0) is 17.7 Å². The first-order chi connectivity index (χ1) is 10.9. The van der Waals surface area contributed by atoms with Crippen molar-refractivity contribution in [2.75, 3.05) is 19.7 Å². The molecule has 2 aliphatic rings. The molecule has 0 amide bonds. The zero-order valence-corrected chi connectivity index (χ0v) is 12.8. The molecule has 1 aliphatic heterocycles. The molecule has 1 aliphatic carbocycles. The number of hydrogen-bond acceptors (Lipinski definition) is 4. The normalized spacial score (nSPS) is 25.8. The highest BCUT2D eigenvalue weighted by Gasteiger charge is 2.30. The van der Waals surface area contributed by atoms with Crippen LogP contribution in [0.4, 0.5) is 0 Å². The van der Waals surface area contributed by atoms with E-state index >= 15 is 0 Å². The third-order valence-corrected chi connectivity index (χ3v) is 4.81. The van der Waals surface area contributed by atoms with E-state index < -0.39 is 0 Å². The third-order valence-electron chi connectivity index (χ3n) is 4.81. The van der Waals surface area contributed by atoms with Crippen LogP contribution in [0.25, 0.3) is 0 Å². The van der Waals surface area contributed by atoms with Gasteiger partial charge in [0, 0.05) is 19.1 Å².